The fourth-order valence-corrected chi connectivity index (χ4v) is 3.20. The summed E-state index contributed by atoms with van der Waals surface area (Å²) in [4.78, 5) is 12.1. The van der Waals surface area contributed by atoms with Crippen LogP contribution in [0.4, 0.5) is 0 Å². The van der Waals surface area contributed by atoms with Crippen LogP contribution in [-0.4, -0.2) is 17.3 Å². The first-order valence-electron chi connectivity index (χ1n) is 6.28. The van der Waals surface area contributed by atoms with E-state index in [-0.39, 0.29) is 23.2 Å². The lowest BCUT2D eigenvalue weighted by Crippen LogP contribution is -2.43. The van der Waals surface area contributed by atoms with E-state index in [1.54, 1.807) is 0 Å². The van der Waals surface area contributed by atoms with Gasteiger partial charge in [0.1, 0.15) is 0 Å². The molecule has 90 valence electrons. The van der Waals surface area contributed by atoms with Crippen LogP contribution in [0.2, 0.25) is 0 Å². The summed E-state index contributed by atoms with van der Waals surface area (Å²) in [5.41, 5.74) is 2.50. The molecular weight excluding hydrogens is 234 g/mol. The Morgan fingerprint density at radius 1 is 1.29 bits per heavy atom. The van der Waals surface area contributed by atoms with Crippen LogP contribution < -0.4 is 5.32 Å². The van der Waals surface area contributed by atoms with Gasteiger partial charge in [-0.05, 0) is 36.8 Å². The second kappa shape index (κ2) is 4.34. The van der Waals surface area contributed by atoms with Crippen LogP contribution in [0.15, 0.2) is 24.3 Å². The summed E-state index contributed by atoms with van der Waals surface area (Å²) in [7, 11) is 0. The van der Waals surface area contributed by atoms with E-state index in [0.29, 0.717) is 0 Å². The molecule has 17 heavy (non-hydrogen) atoms. The monoisotopic (exact) mass is 249 g/mol. The van der Waals surface area contributed by atoms with Crippen molar-refractivity contribution < 1.29 is 4.79 Å². The Labute approximate surface area is 106 Å². The van der Waals surface area contributed by atoms with Gasteiger partial charge in [0.2, 0.25) is 5.91 Å². The molecule has 0 spiro atoms. The van der Waals surface area contributed by atoms with Gasteiger partial charge in [-0.1, -0.05) is 24.3 Å². The Kier molecular flexibility index (Phi) is 2.83. The lowest BCUT2D eigenvalue weighted by atomic mass is 9.77. The highest BCUT2D eigenvalue weighted by Gasteiger charge is 2.34. The molecule has 0 radical (unpaired) electrons. The van der Waals surface area contributed by atoms with Crippen LogP contribution in [-0.2, 0) is 11.2 Å². The van der Waals surface area contributed by atoms with Crippen molar-refractivity contribution in [1.29, 1.82) is 0 Å². The van der Waals surface area contributed by atoms with Gasteiger partial charge in [-0.15, -0.1) is 11.6 Å². The van der Waals surface area contributed by atoms with Crippen molar-refractivity contribution in [3.63, 3.8) is 0 Å². The summed E-state index contributed by atoms with van der Waals surface area (Å²) in [6.45, 7) is 0. The molecule has 0 aliphatic heterocycles. The number of halogens is 1. The molecule has 0 saturated heterocycles. The van der Waals surface area contributed by atoms with E-state index < -0.39 is 0 Å². The topological polar surface area (TPSA) is 29.1 Å². The molecule has 0 aromatic heterocycles. The van der Waals surface area contributed by atoms with Crippen LogP contribution in [0.5, 0.6) is 0 Å². The summed E-state index contributed by atoms with van der Waals surface area (Å²) in [6.07, 6.45) is 4.05. The minimum absolute atomic E-state index is 0.0515. The van der Waals surface area contributed by atoms with E-state index in [4.69, 9.17) is 11.6 Å². The molecule has 1 aromatic carbocycles. The predicted octanol–water partition coefficient (Wildman–Crippen LogP) is 2.60. The lowest BCUT2D eigenvalue weighted by molar-refractivity contribution is -0.123. The molecule has 1 fully saturated rings. The van der Waals surface area contributed by atoms with E-state index in [0.717, 1.165) is 25.7 Å². The molecule has 3 unspecified atom stereocenters. The number of benzene rings is 1. The smallest absolute Gasteiger partial charge is 0.228 e. The van der Waals surface area contributed by atoms with Gasteiger partial charge in [-0.2, -0.15) is 0 Å². The SMILES string of the molecule is O=C(NC1CCCC1Cl)C1Cc2ccccc21. The van der Waals surface area contributed by atoms with Gasteiger partial charge in [-0.25, -0.2) is 0 Å². The average Bonchev–Trinajstić information content (AvgIpc) is 2.66. The molecule has 1 aromatic rings. The van der Waals surface area contributed by atoms with Gasteiger partial charge in [0.05, 0.1) is 11.3 Å². The normalized spacial score (nSPS) is 30.5. The molecule has 3 heteroatoms. The zero-order valence-corrected chi connectivity index (χ0v) is 10.4. The van der Waals surface area contributed by atoms with E-state index in [9.17, 15) is 4.79 Å². The van der Waals surface area contributed by atoms with Gasteiger partial charge in [0.25, 0.3) is 0 Å². The number of carbonyl (C=O) groups is 1. The molecule has 2 aliphatic rings. The molecule has 1 N–H and O–H groups in total. The van der Waals surface area contributed by atoms with Crippen LogP contribution in [0.1, 0.15) is 36.3 Å². The third-order valence-electron chi connectivity index (χ3n) is 3.93. The Hall–Kier alpha value is -1.02. The first-order chi connectivity index (χ1) is 8.25. The number of hydrogen-bond donors (Lipinski definition) is 1. The zero-order chi connectivity index (χ0) is 11.8. The molecule has 2 nitrogen and oxygen atoms in total. The summed E-state index contributed by atoms with van der Waals surface area (Å²) in [5, 5.41) is 3.22. The summed E-state index contributed by atoms with van der Waals surface area (Å²) < 4.78 is 0. The van der Waals surface area contributed by atoms with E-state index >= 15 is 0 Å². The molecule has 0 bridgehead atoms. The first-order valence-corrected chi connectivity index (χ1v) is 6.71. The number of alkyl halides is 1. The molecule has 1 amide bonds. The van der Waals surface area contributed by atoms with Crippen LogP contribution >= 0.6 is 11.6 Å². The standard InChI is InChI=1S/C14H16ClNO/c15-12-6-3-7-13(12)16-14(17)11-8-9-4-1-2-5-10(9)11/h1-2,4-5,11-13H,3,6-8H2,(H,16,17). The van der Waals surface area contributed by atoms with E-state index in [1.807, 2.05) is 12.1 Å². The average molecular weight is 250 g/mol. The quantitative estimate of drug-likeness (QED) is 0.802. The third-order valence-corrected chi connectivity index (χ3v) is 4.45. The molecule has 3 rings (SSSR count). The maximum atomic E-state index is 12.1. The van der Waals surface area contributed by atoms with Gasteiger partial charge < -0.3 is 5.32 Å². The lowest BCUT2D eigenvalue weighted by Gasteiger charge is -2.30. The number of carbonyl (C=O) groups excluding carboxylic acids is 1. The highest BCUT2D eigenvalue weighted by atomic mass is 35.5. The number of amides is 1. The Morgan fingerprint density at radius 3 is 2.82 bits per heavy atom. The van der Waals surface area contributed by atoms with Crippen molar-refractivity contribution in [2.24, 2.45) is 0 Å². The summed E-state index contributed by atoms with van der Waals surface area (Å²) in [5.74, 6) is 0.205. The van der Waals surface area contributed by atoms with Crippen molar-refractivity contribution in [1.82, 2.24) is 5.32 Å². The van der Waals surface area contributed by atoms with Gasteiger partial charge in [-0.3, -0.25) is 4.79 Å². The molecular formula is C14H16ClNO. The Bertz CT molecular complexity index is 446. The highest BCUT2D eigenvalue weighted by molar-refractivity contribution is 6.21. The molecule has 3 atom stereocenters. The second-order valence-electron chi connectivity index (χ2n) is 5.02. The minimum atomic E-state index is 0.0515. The van der Waals surface area contributed by atoms with Crippen LogP contribution in [0.25, 0.3) is 0 Å². The number of fused-ring (bicyclic) bond motifs is 1. The van der Waals surface area contributed by atoms with Crippen LogP contribution in [0.3, 0.4) is 0 Å². The van der Waals surface area contributed by atoms with Crippen molar-refractivity contribution in [2.75, 3.05) is 0 Å². The van der Waals surface area contributed by atoms with E-state index in [1.165, 1.54) is 11.1 Å². The molecule has 1 saturated carbocycles. The fourth-order valence-electron chi connectivity index (χ4n) is 2.85. The first kappa shape index (κ1) is 11.1. The Morgan fingerprint density at radius 2 is 2.12 bits per heavy atom. The highest BCUT2D eigenvalue weighted by Crippen LogP contribution is 2.35. The van der Waals surface area contributed by atoms with Crippen molar-refractivity contribution in [3.8, 4) is 0 Å². The molecule has 2 aliphatic carbocycles. The Balaban J connectivity index is 1.65. The van der Waals surface area contributed by atoms with E-state index in [2.05, 4.69) is 17.4 Å². The summed E-state index contributed by atoms with van der Waals surface area (Å²) in [6, 6.07) is 8.35. The summed E-state index contributed by atoms with van der Waals surface area (Å²) >= 11 is 6.17. The van der Waals surface area contributed by atoms with Crippen molar-refractivity contribution >= 4 is 17.5 Å². The van der Waals surface area contributed by atoms with Gasteiger partial charge in [0.15, 0.2) is 0 Å². The number of nitrogens with one attached hydrogen (secondary N) is 1. The zero-order valence-electron chi connectivity index (χ0n) is 9.66. The van der Waals surface area contributed by atoms with Gasteiger partial charge in [0, 0.05) is 6.04 Å². The number of hydrogen-bond acceptors (Lipinski definition) is 1. The predicted molar refractivity (Wildman–Crippen MR) is 68.3 cm³/mol. The minimum Gasteiger partial charge on any atom is -0.351 e. The fraction of sp³-hybridized carbons (Fsp3) is 0.500. The maximum Gasteiger partial charge on any atom is 0.228 e. The van der Waals surface area contributed by atoms with Crippen LogP contribution in [0, 0.1) is 0 Å². The van der Waals surface area contributed by atoms with Crippen molar-refractivity contribution in [2.45, 2.75) is 43.0 Å². The second-order valence-corrected chi connectivity index (χ2v) is 5.58. The maximum absolute atomic E-state index is 12.1. The van der Waals surface area contributed by atoms with Crippen molar-refractivity contribution in [3.05, 3.63) is 35.4 Å². The number of rotatable bonds is 2. The largest absolute Gasteiger partial charge is 0.351 e. The van der Waals surface area contributed by atoms with Gasteiger partial charge >= 0.3 is 0 Å². The molecule has 0 heterocycles. The third kappa shape index (κ3) is 1.95.